The lowest BCUT2D eigenvalue weighted by Crippen LogP contribution is -2.50. The minimum absolute atomic E-state index is 0.0501. The zero-order chi connectivity index (χ0) is 34.9. The van der Waals surface area contributed by atoms with E-state index < -0.39 is 11.6 Å². The van der Waals surface area contributed by atoms with Crippen LogP contribution in [0.1, 0.15) is 79.3 Å². The molecule has 5 heterocycles. The number of piperazine rings is 1. The number of piperidine rings is 1. The number of ether oxygens (including phenoxy) is 1. The number of benzene rings is 1. The molecule has 0 aliphatic carbocycles. The highest BCUT2D eigenvalue weighted by molar-refractivity contribution is 7.15. The molecule has 1 aromatic carbocycles. The third kappa shape index (κ3) is 8.36. The van der Waals surface area contributed by atoms with Crippen LogP contribution in [-0.4, -0.2) is 112 Å². The second-order valence-corrected chi connectivity index (χ2v) is 16.2. The van der Waals surface area contributed by atoms with Gasteiger partial charge >= 0.3 is 6.09 Å². The van der Waals surface area contributed by atoms with Crippen LogP contribution in [0.4, 0.5) is 4.79 Å². The van der Waals surface area contributed by atoms with E-state index >= 15 is 0 Å². The third-order valence-corrected chi connectivity index (χ3v) is 11.2. The average Bonchev–Trinajstić information content (AvgIpc) is 3.53. The summed E-state index contributed by atoms with van der Waals surface area (Å²) >= 11 is 7.94. The SMILES string of the molecule is Cc1sc2c(c1C)C(c1ccc(Cl)cc1)=N[C@@H](CC(=O)NCCN1CCN(CC3CCN(C(=O)OC(C)(C)C)CC3)CC1)c1nnc(C)n1-2. The number of carbonyl (C=O) groups excluding carboxylic acids is 2. The lowest BCUT2D eigenvalue weighted by Gasteiger charge is -2.39. The molecule has 2 amide bonds. The molecule has 1 N–H and O–H groups in total. The van der Waals surface area contributed by atoms with Gasteiger partial charge in [-0.3, -0.25) is 19.3 Å². The number of amides is 2. The second kappa shape index (κ2) is 14.9. The zero-order valence-corrected chi connectivity index (χ0v) is 31.2. The van der Waals surface area contributed by atoms with E-state index in [9.17, 15) is 9.59 Å². The van der Waals surface area contributed by atoms with Crippen LogP contribution in [0.25, 0.3) is 5.00 Å². The first-order chi connectivity index (χ1) is 23.4. The number of nitrogens with zero attached hydrogens (tertiary/aromatic N) is 7. The maximum Gasteiger partial charge on any atom is 0.410 e. The number of rotatable bonds is 8. The van der Waals surface area contributed by atoms with Gasteiger partial charge in [0.2, 0.25) is 5.91 Å². The average molecular weight is 709 g/mol. The van der Waals surface area contributed by atoms with Gasteiger partial charge in [0.1, 0.15) is 22.5 Å². The van der Waals surface area contributed by atoms with Crippen LogP contribution < -0.4 is 5.32 Å². The molecule has 0 bridgehead atoms. The van der Waals surface area contributed by atoms with Crippen LogP contribution in [0.3, 0.4) is 0 Å². The molecule has 6 rings (SSSR count). The summed E-state index contributed by atoms with van der Waals surface area (Å²) in [5.74, 6) is 2.02. The summed E-state index contributed by atoms with van der Waals surface area (Å²) in [6.07, 6.45) is 2.02. The molecule has 1 atom stereocenters. The summed E-state index contributed by atoms with van der Waals surface area (Å²) in [5.41, 5.74) is 3.57. The number of halogens is 1. The Kier molecular flexibility index (Phi) is 10.8. The van der Waals surface area contributed by atoms with Crippen molar-refractivity contribution in [2.75, 3.05) is 58.9 Å². The summed E-state index contributed by atoms with van der Waals surface area (Å²) in [7, 11) is 0. The van der Waals surface area contributed by atoms with Crippen LogP contribution in [0.5, 0.6) is 0 Å². The summed E-state index contributed by atoms with van der Waals surface area (Å²) in [4.78, 5) is 39.1. The van der Waals surface area contributed by atoms with Crippen molar-refractivity contribution >= 4 is 40.6 Å². The molecule has 264 valence electrons. The van der Waals surface area contributed by atoms with Gasteiger partial charge in [-0.1, -0.05) is 23.7 Å². The fourth-order valence-electron chi connectivity index (χ4n) is 6.92. The molecule has 0 spiro atoms. The first-order valence-corrected chi connectivity index (χ1v) is 18.6. The Morgan fingerprint density at radius 3 is 2.33 bits per heavy atom. The number of hydrogen-bond donors (Lipinski definition) is 1. The second-order valence-electron chi connectivity index (χ2n) is 14.5. The molecule has 0 saturated carbocycles. The van der Waals surface area contributed by atoms with E-state index in [1.807, 2.05) is 56.9 Å². The minimum Gasteiger partial charge on any atom is -0.444 e. The van der Waals surface area contributed by atoms with Gasteiger partial charge in [0.05, 0.1) is 12.1 Å². The van der Waals surface area contributed by atoms with Crippen molar-refractivity contribution in [1.82, 2.24) is 34.8 Å². The normalized spacial score (nSPS) is 19.2. The number of nitrogens with one attached hydrogen (secondary N) is 1. The number of likely N-dealkylation sites (tertiary alicyclic amines) is 1. The maximum absolute atomic E-state index is 13.4. The van der Waals surface area contributed by atoms with Gasteiger partial charge in [-0.2, -0.15) is 0 Å². The van der Waals surface area contributed by atoms with Crippen LogP contribution in [0.2, 0.25) is 5.02 Å². The lowest BCUT2D eigenvalue weighted by molar-refractivity contribution is -0.121. The highest BCUT2D eigenvalue weighted by Crippen LogP contribution is 2.39. The molecule has 3 aromatic rings. The predicted octanol–water partition coefficient (Wildman–Crippen LogP) is 5.57. The number of aromatic nitrogens is 3. The highest BCUT2D eigenvalue weighted by atomic mass is 35.5. The number of carbonyl (C=O) groups is 2. The summed E-state index contributed by atoms with van der Waals surface area (Å²) in [6, 6.07) is 7.25. The standard InChI is InChI=1S/C36H49ClN8O3S/c1-23-24(2)49-34-31(23)32(27-7-9-28(37)10-8-27)39-29(33-41-40-25(3)45(33)34)21-30(46)38-13-16-42-17-19-43(20-18-42)22-26-11-14-44(15-12-26)35(47)48-36(4,5)6/h7-10,26,29H,11-22H2,1-6H3,(H,38,46)/t29-/m0/s1. The van der Waals surface area contributed by atoms with Crippen LogP contribution >= 0.6 is 22.9 Å². The van der Waals surface area contributed by atoms with Crippen molar-refractivity contribution in [3.8, 4) is 5.00 Å². The fraction of sp³-hybridized carbons (Fsp3) is 0.583. The molecule has 2 aromatic heterocycles. The summed E-state index contributed by atoms with van der Waals surface area (Å²) in [6.45, 7) is 19.9. The van der Waals surface area contributed by atoms with Crippen molar-refractivity contribution in [2.24, 2.45) is 10.9 Å². The Morgan fingerprint density at radius 1 is 0.980 bits per heavy atom. The topological polar surface area (TPSA) is 108 Å². The fourth-order valence-corrected chi connectivity index (χ4v) is 8.26. The van der Waals surface area contributed by atoms with E-state index in [0.717, 1.165) is 92.9 Å². The van der Waals surface area contributed by atoms with E-state index in [1.165, 1.54) is 10.4 Å². The first-order valence-electron chi connectivity index (χ1n) is 17.4. The van der Waals surface area contributed by atoms with Gasteiger partial charge in [0.25, 0.3) is 0 Å². The molecule has 3 aliphatic rings. The van der Waals surface area contributed by atoms with Gasteiger partial charge in [-0.05, 0) is 78.0 Å². The largest absolute Gasteiger partial charge is 0.444 e. The van der Waals surface area contributed by atoms with E-state index in [4.69, 9.17) is 21.3 Å². The third-order valence-electron chi connectivity index (χ3n) is 9.73. The number of aryl methyl sites for hydroxylation is 2. The Balaban J connectivity index is 1.01. The van der Waals surface area contributed by atoms with Crippen molar-refractivity contribution in [1.29, 1.82) is 0 Å². The molecular formula is C36H49ClN8O3S. The monoisotopic (exact) mass is 708 g/mol. The van der Waals surface area contributed by atoms with Crippen molar-refractivity contribution in [3.63, 3.8) is 0 Å². The van der Waals surface area contributed by atoms with E-state index in [-0.39, 0.29) is 18.4 Å². The molecule has 11 nitrogen and oxygen atoms in total. The van der Waals surface area contributed by atoms with Crippen LogP contribution in [0, 0.1) is 26.7 Å². The molecule has 0 radical (unpaired) electrons. The highest BCUT2D eigenvalue weighted by Gasteiger charge is 2.33. The van der Waals surface area contributed by atoms with Crippen LogP contribution in [0.15, 0.2) is 29.3 Å². The van der Waals surface area contributed by atoms with E-state index in [0.29, 0.717) is 23.3 Å². The predicted molar refractivity (Wildman–Crippen MR) is 194 cm³/mol. The van der Waals surface area contributed by atoms with E-state index in [2.05, 4.69) is 43.7 Å². The Morgan fingerprint density at radius 2 is 1.65 bits per heavy atom. The Hall–Kier alpha value is -3.32. The van der Waals surface area contributed by atoms with Gasteiger partial charge in [0.15, 0.2) is 5.82 Å². The molecular weight excluding hydrogens is 660 g/mol. The number of aliphatic imine (C=N–C) groups is 1. The molecule has 49 heavy (non-hydrogen) atoms. The van der Waals surface area contributed by atoms with Crippen LogP contribution in [-0.2, 0) is 9.53 Å². The smallest absolute Gasteiger partial charge is 0.410 e. The van der Waals surface area contributed by atoms with Gasteiger partial charge in [0, 0.05) is 79.9 Å². The zero-order valence-electron chi connectivity index (χ0n) is 29.6. The van der Waals surface area contributed by atoms with Gasteiger partial charge in [-0.25, -0.2) is 4.79 Å². The van der Waals surface area contributed by atoms with Crippen molar-refractivity contribution in [2.45, 2.75) is 72.4 Å². The summed E-state index contributed by atoms with van der Waals surface area (Å²) < 4.78 is 7.63. The van der Waals surface area contributed by atoms with Gasteiger partial charge < -0.3 is 19.9 Å². The van der Waals surface area contributed by atoms with Crippen molar-refractivity contribution in [3.05, 3.63) is 62.5 Å². The minimum atomic E-state index is -0.481. The molecule has 0 unspecified atom stereocenters. The lowest BCUT2D eigenvalue weighted by atomic mass is 9.96. The van der Waals surface area contributed by atoms with Crippen molar-refractivity contribution < 1.29 is 14.3 Å². The molecule has 2 saturated heterocycles. The number of hydrogen-bond acceptors (Lipinski definition) is 9. The molecule has 13 heteroatoms. The number of fused-ring (bicyclic) bond motifs is 3. The molecule has 3 aliphatic heterocycles. The van der Waals surface area contributed by atoms with E-state index in [1.54, 1.807) is 11.3 Å². The van der Waals surface area contributed by atoms with Gasteiger partial charge in [-0.15, -0.1) is 21.5 Å². The Bertz CT molecular complexity index is 1680. The molecule has 2 fully saturated rings. The Labute approximate surface area is 298 Å². The summed E-state index contributed by atoms with van der Waals surface area (Å²) in [5, 5.41) is 13.8. The quantitative estimate of drug-likeness (QED) is 0.326. The first kappa shape index (κ1) is 35.5. The maximum atomic E-state index is 13.4. The number of thiophene rings is 1.